The van der Waals surface area contributed by atoms with E-state index < -0.39 is 34.1 Å². The van der Waals surface area contributed by atoms with Gasteiger partial charge in [-0.25, -0.2) is 9.79 Å². The van der Waals surface area contributed by atoms with Crippen LogP contribution in [-0.2, 0) is 28.5 Å². The molecule has 0 aromatic rings. The third kappa shape index (κ3) is 3.44. The summed E-state index contributed by atoms with van der Waals surface area (Å²) in [5.41, 5.74) is 5.11. The van der Waals surface area contributed by atoms with E-state index >= 15 is 0 Å². The van der Waals surface area contributed by atoms with E-state index in [1.54, 1.807) is 6.08 Å². The molecule has 0 aromatic carbocycles. The Bertz CT molecular complexity index is 1280. The van der Waals surface area contributed by atoms with Crippen molar-refractivity contribution >= 4 is 29.9 Å². The van der Waals surface area contributed by atoms with E-state index in [1.165, 1.54) is 11.8 Å². The average molecular weight is 603 g/mol. The number of carbonyl (C=O) groups excluding carboxylic acids is 2. The third-order valence-corrected chi connectivity index (χ3v) is 14.4. The van der Waals surface area contributed by atoms with Crippen molar-refractivity contribution in [2.45, 2.75) is 112 Å². The van der Waals surface area contributed by atoms with Crippen LogP contribution in [0.4, 0.5) is 0 Å². The Morgan fingerprint density at radius 3 is 2.64 bits per heavy atom. The maximum Gasteiger partial charge on any atom is 0.331 e. The van der Waals surface area contributed by atoms with Gasteiger partial charge in [0.2, 0.25) is 6.29 Å². The second-order valence-electron chi connectivity index (χ2n) is 14.6. The Kier molecular flexibility index (Phi) is 6.02. The molecule has 10 nitrogen and oxygen atoms in total. The number of nitrogens with two attached hydrogens (primary N) is 1. The van der Waals surface area contributed by atoms with Gasteiger partial charge in [-0.15, -0.1) is 11.8 Å². The predicted octanol–water partition coefficient (Wildman–Crippen LogP) is 2.44. The quantitative estimate of drug-likeness (QED) is 0.244. The van der Waals surface area contributed by atoms with Gasteiger partial charge in [0.1, 0.15) is 18.7 Å². The van der Waals surface area contributed by atoms with Crippen molar-refractivity contribution in [3.05, 3.63) is 11.6 Å². The molecule has 0 unspecified atom stereocenters. The van der Waals surface area contributed by atoms with Crippen LogP contribution in [-0.4, -0.2) is 81.5 Å². The van der Waals surface area contributed by atoms with Gasteiger partial charge in [0, 0.05) is 23.3 Å². The summed E-state index contributed by atoms with van der Waals surface area (Å²) in [7, 11) is 0. The molecule has 42 heavy (non-hydrogen) atoms. The number of rotatable bonds is 2. The molecule has 13 atom stereocenters. The van der Waals surface area contributed by atoms with Crippen LogP contribution >= 0.6 is 11.8 Å². The molecule has 4 N–H and O–H groups in total. The highest BCUT2D eigenvalue weighted by atomic mass is 32.2. The molecule has 0 aromatic heterocycles. The van der Waals surface area contributed by atoms with Gasteiger partial charge >= 0.3 is 5.97 Å². The van der Waals surface area contributed by atoms with E-state index in [2.05, 4.69) is 6.92 Å². The minimum atomic E-state index is -1.83. The largest absolute Gasteiger partial charge is 0.458 e. The Labute approximate surface area is 250 Å². The summed E-state index contributed by atoms with van der Waals surface area (Å²) in [4.78, 5) is 28.9. The molecule has 6 fully saturated rings. The molecule has 4 aliphatic carbocycles. The first-order valence-corrected chi connectivity index (χ1v) is 16.7. The second kappa shape index (κ2) is 9.03. The van der Waals surface area contributed by atoms with Gasteiger partial charge in [0.05, 0.1) is 29.7 Å². The Hall–Kier alpha value is -1.50. The summed E-state index contributed by atoms with van der Waals surface area (Å²) in [5.74, 6) is -0.982. The monoisotopic (exact) mass is 602 g/mol. The van der Waals surface area contributed by atoms with Crippen molar-refractivity contribution in [2.24, 2.45) is 45.2 Å². The molecule has 4 heterocycles. The van der Waals surface area contributed by atoms with Crippen molar-refractivity contribution < 1.29 is 38.7 Å². The number of cyclic esters (lactones) is 1. The fourth-order valence-corrected chi connectivity index (χ4v) is 12.4. The van der Waals surface area contributed by atoms with Gasteiger partial charge in [0.15, 0.2) is 4.87 Å². The molecular formula is C31H42N2O8S. The lowest BCUT2D eigenvalue weighted by molar-refractivity contribution is -0.445. The molecule has 8 aliphatic rings. The standard InChI is InChI=1S/C31H42N2O8S/c1-16-11-30(33-24(32)14-42-30)31(37)26(39-16)40-22-10-18-3-4-21-20(28(18,15-34)12-23(22)41-31)5-7-27(2)19(6-8-29(21,27)36)17-9-25(35)38-13-17/h9,15-16,18-23,26,36-37H,3-8,10-14H2,1-2H3,(H2,32,33)/t16-,18+,19-,20+,21-,22-,23-,26+,27-,28-,29+,30+,31-/m1/s1. The van der Waals surface area contributed by atoms with Crippen molar-refractivity contribution in [3.8, 4) is 0 Å². The van der Waals surface area contributed by atoms with Gasteiger partial charge in [-0.1, -0.05) is 6.92 Å². The van der Waals surface area contributed by atoms with Gasteiger partial charge in [0.25, 0.3) is 5.79 Å². The van der Waals surface area contributed by atoms with Crippen LogP contribution in [0.15, 0.2) is 16.6 Å². The van der Waals surface area contributed by atoms with Crippen molar-refractivity contribution in [3.63, 3.8) is 0 Å². The van der Waals surface area contributed by atoms with E-state index in [9.17, 15) is 19.8 Å². The number of esters is 1. The SMILES string of the molecule is C[C@@H]1C[C@@]2(N=C(N)CS2)[C@]2(O)O[C@@H]3C[C@@]4(C=O)[C@@H](CC[C@@H]5[C@@H]4CC[C@]4(C)[C@@H](C6=CC(=O)OC6)CC[C@]54O)C[C@H]3O[C@@H]2O1. The van der Waals surface area contributed by atoms with E-state index in [0.29, 0.717) is 43.9 Å². The summed E-state index contributed by atoms with van der Waals surface area (Å²) in [6.45, 7) is 4.44. The first-order chi connectivity index (χ1) is 20.0. The number of thioether (sulfide) groups is 1. The fourth-order valence-electron chi connectivity index (χ4n) is 11.1. The number of nitrogens with zero attached hydrogens (tertiary/aromatic N) is 1. The van der Waals surface area contributed by atoms with Crippen LogP contribution in [0.3, 0.4) is 0 Å². The number of aliphatic imine (C=N–C) groups is 1. The molecule has 4 aliphatic heterocycles. The van der Waals surface area contributed by atoms with Crippen LogP contribution in [0.25, 0.3) is 0 Å². The molecule has 11 heteroatoms. The lowest BCUT2D eigenvalue weighted by Crippen LogP contribution is -2.73. The minimum Gasteiger partial charge on any atom is -0.458 e. The second-order valence-corrected chi connectivity index (χ2v) is 15.9. The molecular weight excluding hydrogens is 560 g/mol. The van der Waals surface area contributed by atoms with Gasteiger partial charge in [-0.05, 0) is 87.5 Å². The van der Waals surface area contributed by atoms with E-state index in [4.69, 9.17) is 29.7 Å². The van der Waals surface area contributed by atoms with Crippen molar-refractivity contribution in [2.75, 3.05) is 12.4 Å². The number of carbonyl (C=O) groups is 2. The molecule has 2 saturated heterocycles. The average Bonchev–Trinajstić information content (AvgIpc) is 3.62. The molecule has 8 rings (SSSR count). The number of hydrogen-bond acceptors (Lipinski definition) is 11. The van der Waals surface area contributed by atoms with Crippen LogP contribution in [0, 0.1) is 34.5 Å². The summed E-state index contributed by atoms with van der Waals surface area (Å²) in [6.07, 6.45) is 7.05. The zero-order chi connectivity index (χ0) is 29.3. The number of amidine groups is 1. The molecule has 0 bridgehead atoms. The zero-order valence-electron chi connectivity index (χ0n) is 24.3. The van der Waals surface area contributed by atoms with Crippen LogP contribution in [0.2, 0.25) is 0 Å². The first-order valence-electron chi connectivity index (χ1n) is 15.7. The highest BCUT2D eigenvalue weighted by Gasteiger charge is 2.72. The van der Waals surface area contributed by atoms with Crippen molar-refractivity contribution in [1.82, 2.24) is 0 Å². The minimum absolute atomic E-state index is 0.00374. The van der Waals surface area contributed by atoms with E-state index in [0.717, 1.165) is 44.0 Å². The van der Waals surface area contributed by atoms with Crippen LogP contribution in [0.1, 0.15) is 71.6 Å². The van der Waals surface area contributed by atoms with Crippen LogP contribution < -0.4 is 5.73 Å². The molecule has 4 saturated carbocycles. The number of ether oxygens (including phenoxy) is 4. The summed E-state index contributed by atoms with van der Waals surface area (Å²) in [5, 5.41) is 24.7. The highest BCUT2D eigenvalue weighted by Crippen LogP contribution is 2.70. The zero-order valence-corrected chi connectivity index (χ0v) is 25.1. The van der Waals surface area contributed by atoms with E-state index in [1.807, 2.05) is 6.92 Å². The first kappa shape index (κ1) is 28.0. The third-order valence-electron chi connectivity index (χ3n) is 13.0. The van der Waals surface area contributed by atoms with Gasteiger partial charge < -0.3 is 39.7 Å². The molecule has 230 valence electrons. The topological polar surface area (TPSA) is 150 Å². The summed E-state index contributed by atoms with van der Waals surface area (Å²) < 4.78 is 24.5. The Morgan fingerprint density at radius 1 is 1.10 bits per heavy atom. The Morgan fingerprint density at radius 2 is 1.93 bits per heavy atom. The molecule has 0 radical (unpaired) electrons. The number of aldehydes is 1. The van der Waals surface area contributed by atoms with E-state index in [-0.39, 0.29) is 47.3 Å². The predicted molar refractivity (Wildman–Crippen MR) is 152 cm³/mol. The molecule has 0 amide bonds. The fraction of sp³-hybridized carbons (Fsp3) is 0.839. The lowest BCUT2D eigenvalue weighted by Gasteiger charge is -2.65. The number of aliphatic hydroxyl groups is 2. The van der Waals surface area contributed by atoms with Gasteiger partial charge in [-0.3, -0.25) is 0 Å². The highest BCUT2D eigenvalue weighted by molar-refractivity contribution is 8.01. The summed E-state index contributed by atoms with van der Waals surface area (Å²) in [6, 6.07) is 0. The number of fused-ring (bicyclic) bond motifs is 8. The molecule has 1 spiro atoms. The maximum atomic E-state index is 13.4. The Balaban J connectivity index is 1.10. The normalized spacial score (nSPS) is 56.3. The van der Waals surface area contributed by atoms with Crippen molar-refractivity contribution in [1.29, 1.82) is 0 Å². The lowest BCUT2D eigenvalue weighted by atomic mass is 9.42. The van der Waals surface area contributed by atoms with Gasteiger partial charge in [-0.2, -0.15) is 0 Å². The number of hydrogen-bond donors (Lipinski definition) is 3. The summed E-state index contributed by atoms with van der Waals surface area (Å²) >= 11 is 1.47. The maximum absolute atomic E-state index is 13.4. The smallest absolute Gasteiger partial charge is 0.331 e. The van der Waals surface area contributed by atoms with Crippen LogP contribution in [0.5, 0.6) is 0 Å².